The molecule has 0 aromatic heterocycles. The number of piperidine rings is 1. The van der Waals surface area contributed by atoms with E-state index < -0.39 is 22.9 Å². The molecule has 1 saturated heterocycles. The maximum atomic E-state index is 13.3. The van der Waals surface area contributed by atoms with E-state index in [0.717, 1.165) is 24.5 Å². The van der Waals surface area contributed by atoms with Crippen molar-refractivity contribution in [3.05, 3.63) is 35.4 Å². The smallest absolute Gasteiger partial charge is 0.300 e. The Bertz CT molecular complexity index is 576. The summed E-state index contributed by atoms with van der Waals surface area (Å²) in [5, 5.41) is 8.39. The minimum Gasteiger partial charge on any atom is -0.481 e. The number of carboxylic acids is 1. The molecule has 1 aromatic carbocycles. The lowest BCUT2D eigenvalue weighted by atomic mass is 9.56. The molecule has 1 atom stereocenters. The van der Waals surface area contributed by atoms with Crippen LogP contribution < -0.4 is 0 Å². The van der Waals surface area contributed by atoms with Gasteiger partial charge in [-0.25, -0.2) is 8.78 Å². The molecule has 0 saturated carbocycles. The van der Waals surface area contributed by atoms with Crippen molar-refractivity contribution < 1.29 is 18.7 Å². The number of likely N-dealkylation sites (tertiary alicyclic amines) is 1. The van der Waals surface area contributed by atoms with Gasteiger partial charge in [0, 0.05) is 11.9 Å². The van der Waals surface area contributed by atoms with Gasteiger partial charge in [-0.1, -0.05) is 25.8 Å². The van der Waals surface area contributed by atoms with Crippen LogP contribution in [0.5, 0.6) is 0 Å². The van der Waals surface area contributed by atoms with E-state index >= 15 is 0 Å². The van der Waals surface area contributed by atoms with Crippen molar-refractivity contribution in [3.63, 3.8) is 0 Å². The van der Waals surface area contributed by atoms with Gasteiger partial charge in [0.05, 0.1) is 7.85 Å². The van der Waals surface area contributed by atoms with Gasteiger partial charge in [-0.2, -0.15) is 0 Å². The third kappa shape index (κ3) is 4.35. The van der Waals surface area contributed by atoms with Crippen LogP contribution in [-0.4, -0.2) is 36.9 Å². The van der Waals surface area contributed by atoms with E-state index in [1.54, 1.807) is 6.07 Å². The van der Waals surface area contributed by atoms with Crippen LogP contribution in [0.1, 0.15) is 44.6 Å². The fraction of sp³-hybridized carbons (Fsp3) is 0.611. The second-order valence-electron chi connectivity index (χ2n) is 6.75. The average Bonchev–Trinajstić information content (AvgIpc) is 2.56. The summed E-state index contributed by atoms with van der Waals surface area (Å²) in [4.78, 5) is 13.8. The molecule has 0 bridgehead atoms. The van der Waals surface area contributed by atoms with E-state index in [1.165, 1.54) is 6.07 Å². The van der Waals surface area contributed by atoms with E-state index in [4.69, 9.17) is 7.85 Å². The van der Waals surface area contributed by atoms with Crippen molar-refractivity contribution in [1.82, 2.24) is 4.90 Å². The molecule has 1 unspecified atom stereocenters. The summed E-state index contributed by atoms with van der Waals surface area (Å²) in [6, 6.07) is 3.93. The number of carbonyl (C=O) groups is 1. The molecule has 1 aliphatic heterocycles. The van der Waals surface area contributed by atoms with Gasteiger partial charge in [0.15, 0.2) is 11.6 Å². The molecular formula is C18H24BF2NO2. The van der Waals surface area contributed by atoms with Crippen LogP contribution >= 0.6 is 0 Å². The second-order valence-corrected chi connectivity index (χ2v) is 6.75. The van der Waals surface area contributed by atoms with Crippen molar-refractivity contribution in [2.45, 2.75) is 50.9 Å². The summed E-state index contributed by atoms with van der Waals surface area (Å²) in [6.07, 6.45) is 3.62. The van der Waals surface area contributed by atoms with E-state index in [0.29, 0.717) is 38.9 Å². The number of rotatable bonds is 7. The van der Waals surface area contributed by atoms with Gasteiger partial charge in [0.2, 0.25) is 0 Å². The number of halogens is 2. The van der Waals surface area contributed by atoms with E-state index in [-0.39, 0.29) is 5.92 Å². The van der Waals surface area contributed by atoms with Gasteiger partial charge in [-0.15, -0.1) is 0 Å². The lowest BCUT2D eigenvalue weighted by Crippen LogP contribution is -2.41. The SMILES string of the molecule is [B]C(CCCC)(C(=O)O)C1CCN(Cc2ccc(F)c(F)c2)CC1. The van der Waals surface area contributed by atoms with Crippen LogP contribution in [0.2, 0.25) is 5.31 Å². The molecule has 0 spiro atoms. The number of aliphatic carboxylic acids is 1. The monoisotopic (exact) mass is 335 g/mol. The highest BCUT2D eigenvalue weighted by atomic mass is 19.2. The van der Waals surface area contributed by atoms with Crippen LogP contribution in [0.4, 0.5) is 8.78 Å². The van der Waals surface area contributed by atoms with Gasteiger partial charge in [0.25, 0.3) is 0 Å². The first-order chi connectivity index (χ1) is 11.4. The van der Waals surface area contributed by atoms with Crippen LogP contribution in [0.15, 0.2) is 18.2 Å². The predicted octanol–water partition coefficient (Wildman–Crippen LogP) is 3.78. The molecule has 2 rings (SSSR count). The largest absolute Gasteiger partial charge is 0.481 e. The highest BCUT2D eigenvalue weighted by Crippen LogP contribution is 2.43. The van der Waals surface area contributed by atoms with E-state index in [9.17, 15) is 18.7 Å². The molecule has 0 amide bonds. The molecule has 1 N–H and O–H groups in total. The molecule has 1 fully saturated rings. The number of carboxylic acid groups (broad SMARTS) is 1. The quantitative estimate of drug-likeness (QED) is 0.771. The highest BCUT2D eigenvalue weighted by Gasteiger charge is 2.41. The number of benzene rings is 1. The molecule has 24 heavy (non-hydrogen) atoms. The Hall–Kier alpha value is -1.43. The first-order valence-electron chi connectivity index (χ1n) is 8.55. The zero-order chi connectivity index (χ0) is 17.7. The Morgan fingerprint density at radius 1 is 1.33 bits per heavy atom. The first-order valence-corrected chi connectivity index (χ1v) is 8.55. The van der Waals surface area contributed by atoms with Crippen molar-refractivity contribution in [3.8, 4) is 0 Å². The molecule has 0 aliphatic carbocycles. The zero-order valence-electron chi connectivity index (χ0n) is 14.1. The molecule has 130 valence electrons. The predicted molar refractivity (Wildman–Crippen MR) is 90.0 cm³/mol. The fourth-order valence-electron chi connectivity index (χ4n) is 3.46. The van der Waals surface area contributed by atoms with Crippen molar-refractivity contribution >= 4 is 13.8 Å². The zero-order valence-corrected chi connectivity index (χ0v) is 14.1. The normalized spacial score (nSPS) is 19.1. The summed E-state index contributed by atoms with van der Waals surface area (Å²) < 4.78 is 26.3. The standard InChI is InChI=1S/C18H24BF2NO2/c1-2-3-8-18(19,17(23)24)14-6-9-22(10-7-14)12-13-4-5-15(20)16(21)11-13/h4-5,11,14H,2-3,6-10,12H2,1H3,(H,23,24). The molecular weight excluding hydrogens is 311 g/mol. The van der Waals surface area contributed by atoms with Crippen molar-refractivity contribution in [2.75, 3.05) is 13.1 Å². The first kappa shape index (κ1) is 18.9. The summed E-state index contributed by atoms with van der Waals surface area (Å²) >= 11 is 0. The Morgan fingerprint density at radius 3 is 2.54 bits per heavy atom. The van der Waals surface area contributed by atoms with Gasteiger partial charge < -0.3 is 5.11 Å². The molecule has 6 heteroatoms. The van der Waals surface area contributed by atoms with Crippen LogP contribution in [0.25, 0.3) is 0 Å². The van der Waals surface area contributed by atoms with Gasteiger partial charge in [0.1, 0.15) is 0 Å². The van der Waals surface area contributed by atoms with Gasteiger partial charge in [-0.05, 0) is 56.0 Å². The lowest BCUT2D eigenvalue weighted by Gasteiger charge is -2.40. The molecule has 1 aromatic rings. The van der Waals surface area contributed by atoms with Gasteiger partial charge >= 0.3 is 5.97 Å². The number of unbranched alkanes of at least 4 members (excludes halogenated alkanes) is 1. The average molecular weight is 335 g/mol. The minimum absolute atomic E-state index is 0.0530. The topological polar surface area (TPSA) is 40.5 Å². The van der Waals surface area contributed by atoms with Crippen molar-refractivity contribution in [1.29, 1.82) is 0 Å². The summed E-state index contributed by atoms with van der Waals surface area (Å²) in [7, 11) is 6.23. The second kappa shape index (κ2) is 8.10. The molecule has 2 radical (unpaired) electrons. The lowest BCUT2D eigenvalue weighted by molar-refractivity contribution is -0.143. The summed E-state index contributed by atoms with van der Waals surface area (Å²) in [5.74, 6) is -2.66. The number of nitrogens with zero attached hydrogens (tertiary/aromatic N) is 1. The van der Waals surface area contributed by atoms with Crippen LogP contribution in [-0.2, 0) is 11.3 Å². The Balaban J connectivity index is 1.94. The molecule has 1 aliphatic rings. The van der Waals surface area contributed by atoms with Gasteiger partial charge in [-0.3, -0.25) is 9.69 Å². The van der Waals surface area contributed by atoms with Crippen LogP contribution in [0.3, 0.4) is 0 Å². The van der Waals surface area contributed by atoms with Crippen molar-refractivity contribution in [2.24, 2.45) is 5.92 Å². The number of hydrogen-bond acceptors (Lipinski definition) is 2. The minimum atomic E-state index is -1.16. The van der Waals surface area contributed by atoms with E-state index in [1.807, 2.05) is 6.92 Å². The molecule has 3 nitrogen and oxygen atoms in total. The Morgan fingerprint density at radius 2 is 2.00 bits per heavy atom. The summed E-state index contributed by atoms with van der Waals surface area (Å²) in [5.41, 5.74) is 0.718. The van der Waals surface area contributed by atoms with Crippen LogP contribution in [0, 0.1) is 17.6 Å². The maximum absolute atomic E-state index is 13.3. The Labute approximate surface area is 143 Å². The summed E-state index contributed by atoms with van der Waals surface area (Å²) in [6.45, 7) is 3.97. The highest BCUT2D eigenvalue weighted by molar-refractivity contribution is 6.26. The maximum Gasteiger partial charge on any atom is 0.300 e. The van der Waals surface area contributed by atoms with E-state index in [2.05, 4.69) is 4.90 Å². The third-order valence-corrected chi connectivity index (χ3v) is 5.05. The Kier molecular flexibility index (Phi) is 6.38. The third-order valence-electron chi connectivity index (χ3n) is 5.05. The fourth-order valence-corrected chi connectivity index (χ4v) is 3.46. The molecule has 1 heterocycles. The number of hydrogen-bond donors (Lipinski definition) is 1.